The number of aliphatic imine (C=N–C) groups is 1. The molecule has 148 valence electrons. The number of methoxy groups -OCH3 is 1. The van der Waals surface area contributed by atoms with Gasteiger partial charge in [0, 0.05) is 39.3 Å². The Kier molecular flexibility index (Phi) is 5.66. The molecule has 0 bridgehead atoms. The fraction of sp³-hybridized carbons (Fsp3) is 0.286. The smallest absolute Gasteiger partial charge is 0.462 e. The van der Waals surface area contributed by atoms with E-state index in [9.17, 15) is 4.32 Å². The number of aryl methyl sites for hydroxylation is 3. The molecule has 0 aliphatic carbocycles. The number of rotatable bonds is 5. The summed E-state index contributed by atoms with van der Waals surface area (Å²) in [4.78, 5) is 7.60. The Morgan fingerprint density at radius 1 is 1.21 bits per heavy atom. The highest BCUT2D eigenvalue weighted by molar-refractivity contribution is 6.48. The molecule has 6 nitrogen and oxygen atoms in total. The molecule has 29 heavy (non-hydrogen) atoms. The van der Waals surface area contributed by atoms with Crippen molar-refractivity contribution in [2.75, 3.05) is 7.11 Å². The van der Waals surface area contributed by atoms with E-state index >= 15 is 0 Å². The van der Waals surface area contributed by atoms with Gasteiger partial charge in [-0.15, -0.1) is 0 Å². The molecule has 0 unspecified atom stereocenters. The van der Waals surface area contributed by atoms with Crippen molar-refractivity contribution < 1.29 is 9.05 Å². The van der Waals surface area contributed by atoms with Crippen molar-refractivity contribution in [2.45, 2.75) is 34.5 Å². The topological polar surface area (TPSA) is 75.3 Å². The number of halogens is 1. The monoisotopic (exact) mass is 391 g/mol. The molecule has 2 aromatic rings. The molecule has 1 aliphatic rings. The molecule has 0 fully saturated rings. The first-order valence-corrected chi connectivity index (χ1v) is 9.33. The van der Waals surface area contributed by atoms with Crippen LogP contribution >= 0.6 is 0 Å². The molecule has 0 amide bonds. The van der Waals surface area contributed by atoms with Crippen LogP contribution in [0.5, 0.6) is 0 Å². The zero-order valence-electron chi connectivity index (χ0n) is 17.5. The van der Waals surface area contributed by atoms with Gasteiger partial charge in [0.1, 0.15) is 11.5 Å². The van der Waals surface area contributed by atoms with Crippen LogP contribution in [0.3, 0.4) is 0 Å². The van der Waals surface area contributed by atoms with Crippen molar-refractivity contribution in [3.8, 4) is 0 Å². The van der Waals surface area contributed by atoms with Crippen molar-refractivity contribution in [2.24, 2.45) is 10.1 Å². The molecule has 0 atom stereocenters. The maximum absolute atomic E-state index is 14.7. The Bertz CT molecular complexity index is 1120. The van der Waals surface area contributed by atoms with Crippen LogP contribution in [-0.2, 0) is 4.74 Å². The average molecular weight is 391 g/mol. The lowest BCUT2D eigenvalue weighted by atomic mass is 9.87. The molecule has 1 aliphatic heterocycles. The number of nitrogens with zero attached hydrogens (tertiary/aromatic N) is 5. The lowest BCUT2D eigenvalue weighted by Gasteiger charge is -2.20. The molecule has 0 saturated carbocycles. The Hall–Kier alpha value is -3.25. The molecule has 1 aromatic carbocycles. The predicted molar refractivity (Wildman–Crippen MR) is 116 cm³/mol. The minimum atomic E-state index is -1.23. The van der Waals surface area contributed by atoms with Crippen LogP contribution < -0.4 is 0 Å². The normalized spacial score (nSPS) is 14.9. The van der Waals surface area contributed by atoms with Gasteiger partial charge in [0.05, 0.1) is 7.11 Å². The van der Waals surface area contributed by atoms with Gasteiger partial charge in [-0.2, -0.15) is 0 Å². The van der Waals surface area contributed by atoms with Crippen LogP contribution in [0.1, 0.15) is 35.0 Å². The standard InChI is InChI=1S/C21H23BFN5O/c1-12-7-8-16(26-27-24)11-17(12)19(20-18(29-6)10-14(3)25-20)21-13(2)9-15(4)28(21)22(5)23/h7-11H,1-6H3/b20-19-. The van der Waals surface area contributed by atoms with Crippen LogP contribution in [0.2, 0.25) is 6.82 Å². The molecule has 1 aromatic heterocycles. The maximum Gasteiger partial charge on any atom is 0.462 e. The fourth-order valence-corrected chi connectivity index (χ4v) is 3.81. The Morgan fingerprint density at radius 2 is 1.93 bits per heavy atom. The number of hydrogen-bond acceptors (Lipinski definition) is 3. The van der Waals surface area contributed by atoms with Gasteiger partial charge in [-0.25, -0.2) is 4.99 Å². The van der Waals surface area contributed by atoms with Gasteiger partial charge >= 0.3 is 7.12 Å². The summed E-state index contributed by atoms with van der Waals surface area (Å²) in [5.74, 6) is 0.613. The third-order valence-electron chi connectivity index (χ3n) is 4.98. The molecule has 8 heteroatoms. The second kappa shape index (κ2) is 8.01. The van der Waals surface area contributed by atoms with Crippen molar-refractivity contribution in [1.29, 1.82) is 0 Å². The van der Waals surface area contributed by atoms with E-state index in [-0.39, 0.29) is 0 Å². The summed E-state index contributed by atoms with van der Waals surface area (Å²) in [6.07, 6.45) is 1.86. The summed E-state index contributed by atoms with van der Waals surface area (Å²) < 4.78 is 21.9. The number of ether oxygens (including phenoxy) is 1. The quantitative estimate of drug-likeness (QED) is 0.264. The number of azide groups is 1. The van der Waals surface area contributed by atoms with Gasteiger partial charge in [0.2, 0.25) is 0 Å². The van der Waals surface area contributed by atoms with E-state index in [1.807, 2.05) is 52.0 Å². The zero-order valence-corrected chi connectivity index (χ0v) is 17.5. The van der Waals surface area contributed by atoms with E-state index in [4.69, 9.17) is 15.3 Å². The van der Waals surface area contributed by atoms with Gasteiger partial charge < -0.3 is 13.5 Å². The highest BCUT2D eigenvalue weighted by Gasteiger charge is 2.28. The number of hydrogen-bond donors (Lipinski definition) is 0. The Labute approximate surface area is 170 Å². The van der Waals surface area contributed by atoms with Gasteiger partial charge in [0.15, 0.2) is 0 Å². The van der Waals surface area contributed by atoms with E-state index in [1.54, 1.807) is 17.7 Å². The highest BCUT2D eigenvalue weighted by atomic mass is 19.1. The van der Waals surface area contributed by atoms with E-state index in [1.165, 1.54) is 6.82 Å². The molecule has 0 spiro atoms. The van der Waals surface area contributed by atoms with Crippen LogP contribution in [0, 0.1) is 20.8 Å². The number of benzene rings is 1. The van der Waals surface area contributed by atoms with Crippen LogP contribution in [0.25, 0.3) is 16.0 Å². The fourth-order valence-electron chi connectivity index (χ4n) is 3.81. The SMILES string of the molecule is COC1=CC(C)=N/C1=C(/c1cc(N=[N+]=[N-])ccc1C)c1c(C)cc(C)n1B(C)F. The summed E-state index contributed by atoms with van der Waals surface area (Å²) in [5, 5.41) is 3.75. The molecular weight excluding hydrogens is 368 g/mol. The zero-order chi connectivity index (χ0) is 21.3. The lowest BCUT2D eigenvalue weighted by molar-refractivity contribution is 0.302. The molecule has 0 saturated heterocycles. The van der Waals surface area contributed by atoms with E-state index in [0.717, 1.165) is 39.4 Å². The summed E-state index contributed by atoms with van der Waals surface area (Å²) in [5.41, 5.74) is 15.8. The second-order valence-corrected chi connectivity index (χ2v) is 7.14. The van der Waals surface area contributed by atoms with Crippen LogP contribution in [-0.4, -0.2) is 24.4 Å². The van der Waals surface area contributed by atoms with E-state index in [0.29, 0.717) is 17.1 Å². The van der Waals surface area contributed by atoms with Crippen molar-refractivity contribution in [1.82, 2.24) is 4.48 Å². The molecule has 2 heterocycles. The van der Waals surface area contributed by atoms with Crippen LogP contribution in [0.4, 0.5) is 10.0 Å². The van der Waals surface area contributed by atoms with Crippen LogP contribution in [0.15, 0.2) is 51.9 Å². The first-order chi connectivity index (χ1) is 13.8. The second-order valence-electron chi connectivity index (χ2n) is 7.14. The average Bonchev–Trinajstić information content (AvgIpc) is 3.17. The summed E-state index contributed by atoms with van der Waals surface area (Å²) in [6.45, 7) is 9.20. The highest BCUT2D eigenvalue weighted by Crippen LogP contribution is 2.39. The van der Waals surface area contributed by atoms with Gasteiger partial charge in [-0.1, -0.05) is 17.2 Å². The maximum atomic E-state index is 14.7. The van der Waals surface area contributed by atoms with E-state index in [2.05, 4.69) is 10.0 Å². The summed E-state index contributed by atoms with van der Waals surface area (Å²) >= 11 is 0. The Balaban J connectivity index is 2.47. The van der Waals surface area contributed by atoms with Gasteiger partial charge in [-0.05, 0) is 68.9 Å². The van der Waals surface area contributed by atoms with Crippen molar-refractivity contribution in [3.63, 3.8) is 0 Å². The molecule has 3 rings (SSSR count). The Morgan fingerprint density at radius 3 is 2.55 bits per heavy atom. The third-order valence-corrected chi connectivity index (χ3v) is 4.98. The minimum absolute atomic E-state index is 0.480. The van der Waals surface area contributed by atoms with Crippen molar-refractivity contribution in [3.05, 3.63) is 80.3 Å². The van der Waals surface area contributed by atoms with Gasteiger partial charge in [0.25, 0.3) is 0 Å². The van der Waals surface area contributed by atoms with Gasteiger partial charge in [-0.3, -0.25) is 0 Å². The first kappa shape index (κ1) is 20.5. The summed E-state index contributed by atoms with van der Waals surface area (Å²) in [6, 6.07) is 7.41. The predicted octanol–water partition coefficient (Wildman–Crippen LogP) is 6.05. The number of allylic oxidation sites excluding steroid dienone is 1. The largest absolute Gasteiger partial charge is 0.494 e. The van der Waals surface area contributed by atoms with E-state index < -0.39 is 7.12 Å². The molecule has 0 radical (unpaired) electrons. The summed E-state index contributed by atoms with van der Waals surface area (Å²) in [7, 11) is 0.367. The molecule has 0 N–H and O–H groups in total. The number of aromatic nitrogens is 1. The molecular formula is C21H23BFN5O. The first-order valence-electron chi connectivity index (χ1n) is 9.33. The lowest BCUT2D eigenvalue weighted by Crippen LogP contribution is -2.19. The minimum Gasteiger partial charge on any atom is -0.494 e. The van der Waals surface area contributed by atoms with Crippen molar-refractivity contribution >= 4 is 24.1 Å². The third kappa shape index (κ3) is 3.71.